The number of nitrogens with one attached hydrogen (secondary N) is 2. The molecule has 9 heteroatoms. The van der Waals surface area contributed by atoms with Crippen molar-refractivity contribution in [3.63, 3.8) is 0 Å². The molecule has 0 aliphatic rings. The third kappa shape index (κ3) is 6.59. The van der Waals surface area contributed by atoms with Gasteiger partial charge in [-0.25, -0.2) is 4.79 Å². The number of para-hydroxylation sites is 2. The number of thiophene rings is 1. The van der Waals surface area contributed by atoms with E-state index in [2.05, 4.69) is 10.6 Å². The molecule has 2 N–H and O–H groups in total. The van der Waals surface area contributed by atoms with Gasteiger partial charge in [0.25, 0.3) is 5.91 Å². The van der Waals surface area contributed by atoms with Crippen LogP contribution in [0, 0.1) is 0 Å². The van der Waals surface area contributed by atoms with E-state index in [4.69, 9.17) is 9.47 Å². The minimum absolute atomic E-state index is 0.101. The first-order valence-corrected chi connectivity index (χ1v) is 11.1. The number of hydrogen-bond donors (Lipinski definition) is 2. The molecule has 0 spiro atoms. The standard InChI is InChI=1S/C22H20N2O5S2/c1-28-22(27)21-17(11-12-30-21)24-20(26)14-31-18-10-6-5-9-16(18)23-19(25)13-29-15-7-3-2-4-8-15/h2-12H,13-14H2,1H3,(H,23,25)(H,24,26). The summed E-state index contributed by atoms with van der Waals surface area (Å²) in [5.74, 6) is -0.367. The predicted octanol–water partition coefficient (Wildman–Crippen LogP) is 4.28. The third-order valence-corrected chi connectivity index (χ3v) is 5.91. The second-order valence-corrected chi connectivity index (χ2v) is 8.07. The first kappa shape index (κ1) is 22.4. The fraction of sp³-hybridized carbons (Fsp3) is 0.136. The van der Waals surface area contributed by atoms with Crippen molar-refractivity contribution in [2.45, 2.75) is 4.90 Å². The summed E-state index contributed by atoms with van der Waals surface area (Å²) in [6.45, 7) is -0.127. The van der Waals surface area contributed by atoms with Crippen molar-refractivity contribution in [3.05, 3.63) is 70.9 Å². The van der Waals surface area contributed by atoms with Gasteiger partial charge in [0, 0.05) is 4.90 Å². The molecule has 0 fully saturated rings. The highest BCUT2D eigenvalue weighted by Gasteiger charge is 2.16. The number of esters is 1. The van der Waals surface area contributed by atoms with Gasteiger partial charge in [0.1, 0.15) is 10.6 Å². The molecular weight excluding hydrogens is 436 g/mol. The molecule has 0 saturated carbocycles. The van der Waals surface area contributed by atoms with Crippen molar-refractivity contribution in [1.82, 2.24) is 0 Å². The Hall–Kier alpha value is -3.30. The van der Waals surface area contributed by atoms with Crippen LogP contribution in [0.1, 0.15) is 9.67 Å². The molecule has 3 rings (SSSR count). The molecule has 1 heterocycles. The Bertz CT molecular complexity index is 1050. The highest BCUT2D eigenvalue weighted by atomic mass is 32.2. The summed E-state index contributed by atoms with van der Waals surface area (Å²) in [6.07, 6.45) is 0. The van der Waals surface area contributed by atoms with Crippen LogP contribution in [0.25, 0.3) is 0 Å². The molecule has 3 aromatic rings. The largest absolute Gasteiger partial charge is 0.484 e. The highest BCUT2D eigenvalue weighted by Crippen LogP contribution is 2.28. The molecule has 0 atom stereocenters. The van der Waals surface area contributed by atoms with Gasteiger partial charge < -0.3 is 20.1 Å². The highest BCUT2D eigenvalue weighted by molar-refractivity contribution is 8.00. The fourth-order valence-corrected chi connectivity index (χ4v) is 4.11. The Morgan fingerprint density at radius 1 is 0.903 bits per heavy atom. The number of carbonyl (C=O) groups excluding carboxylic acids is 3. The molecule has 2 amide bonds. The van der Waals surface area contributed by atoms with E-state index in [0.717, 1.165) is 4.90 Å². The van der Waals surface area contributed by atoms with Crippen LogP contribution < -0.4 is 15.4 Å². The summed E-state index contributed by atoms with van der Waals surface area (Å²) in [6, 6.07) is 17.9. The maximum absolute atomic E-state index is 12.4. The first-order chi connectivity index (χ1) is 15.1. The lowest BCUT2D eigenvalue weighted by Crippen LogP contribution is -2.20. The number of ether oxygens (including phenoxy) is 2. The van der Waals surface area contributed by atoms with E-state index in [1.54, 1.807) is 35.7 Å². The maximum Gasteiger partial charge on any atom is 0.350 e. The zero-order chi connectivity index (χ0) is 22.1. The number of amides is 2. The van der Waals surface area contributed by atoms with Crippen molar-refractivity contribution in [1.29, 1.82) is 0 Å². The normalized spacial score (nSPS) is 10.2. The van der Waals surface area contributed by atoms with E-state index in [0.29, 0.717) is 22.0 Å². The molecule has 0 unspecified atom stereocenters. The van der Waals surface area contributed by atoms with Crippen molar-refractivity contribution in [3.8, 4) is 5.75 Å². The lowest BCUT2D eigenvalue weighted by molar-refractivity contribution is -0.118. The first-order valence-electron chi connectivity index (χ1n) is 9.22. The Morgan fingerprint density at radius 2 is 1.61 bits per heavy atom. The van der Waals surface area contributed by atoms with Crippen LogP contribution in [-0.4, -0.2) is 37.3 Å². The van der Waals surface area contributed by atoms with Gasteiger partial charge in [-0.2, -0.15) is 0 Å². The van der Waals surface area contributed by atoms with Gasteiger partial charge in [0.15, 0.2) is 6.61 Å². The van der Waals surface area contributed by atoms with E-state index in [-0.39, 0.29) is 24.2 Å². The lowest BCUT2D eigenvalue weighted by atomic mass is 10.3. The predicted molar refractivity (Wildman–Crippen MR) is 122 cm³/mol. The summed E-state index contributed by atoms with van der Waals surface area (Å²) in [5.41, 5.74) is 1.01. The van der Waals surface area contributed by atoms with Gasteiger partial charge in [-0.1, -0.05) is 30.3 Å². The van der Waals surface area contributed by atoms with E-state index in [1.807, 2.05) is 30.3 Å². The fourth-order valence-electron chi connectivity index (χ4n) is 2.54. The smallest absolute Gasteiger partial charge is 0.350 e. The summed E-state index contributed by atoms with van der Waals surface area (Å²) < 4.78 is 10.2. The SMILES string of the molecule is COC(=O)c1sccc1NC(=O)CSc1ccccc1NC(=O)COc1ccccc1. The van der Waals surface area contributed by atoms with Crippen LogP contribution in [0.2, 0.25) is 0 Å². The summed E-state index contributed by atoms with van der Waals surface area (Å²) >= 11 is 2.47. The lowest BCUT2D eigenvalue weighted by Gasteiger charge is -2.11. The molecule has 1 aromatic heterocycles. The average molecular weight is 457 g/mol. The number of anilines is 2. The molecule has 0 aliphatic carbocycles. The number of rotatable bonds is 9. The van der Waals surface area contributed by atoms with Gasteiger partial charge in [-0.05, 0) is 35.7 Å². The van der Waals surface area contributed by atoms with E-state index in [9.17, 15) is 14.4 Å². The number of methoxy groups -OCH3 is 1. The number of carbonyl (C=O) groups is 3. The molecule has 0 saturated heterocycles. The summed E-state index contributed by atoms with van der Waals surface area (Å²) in [7, 11) is 1.29. The monoisotopic (exact) mass is 456 g/mol. The zero-order valence-corrected chi connectivity index (χ0v) is 18.3. The van der Waals surface area contributed by atoms with E-state index >= 15 is 0 Å². The van der Waals surface area contributed by atoms with Crippen LogP contribution >= 0.6 is 23.1 Å². The molecular formula is C22H20N2O5S2. The number of thioether (sulfide) groups is 1. The van der Waals surface area contributed by atoms with Crippen LogP contribution in [0.4, 0.5) is 11.4 Å². The second kappa shape index (κ2) is 11.2. The topological polar surface area (TPSA) is 93.7 Å². The van der Waals surface area contributed by atoms with E-state index < -0.39 is 5.97 Å². The average Bonchev–Trinajstić information content (AvgIpc) is 3.25. The summed E-state index contributed by atoms with van der Waals surface area (Å²) in [4.78, 5) is 37.4. The van der Waals surface area contributed by atoms with Crippen molar-refractivity contribution < 1.29 is 23.9 Å². The Morgan fingerprint density at radius 3 is 2.39 bits per heavy atom. The Kier molecular flexibility index (Phi) is 8.08. The molecule has 31 heavy (non-hydrogen) atoms. The van der Waals surface area contributed by atoms with Crippen LogP contribution in [0.15, 0.2) is 70.9 Å². The molecule has 2 aromatic carbocycles. The van der Waals surface area contributed by atoms with Crippen LogP contribution in [0.5, 0.6) is 5.75 Å². The molecule has 160 valence electrons. The van der Waals surface area contributed by atoms with Crippen molar-refractivity contribution in [2.24, 2.45) is 0 Å². The van der Waals surface area contributed by atoms with Crippen molar-refractivity contribution >= 4 is 52.3 Å². The van der Waals surface area contributed by atoms with Crippen LogP contribution in [-0.2, 0) is 14.3 Å². The minimum Gasteiger partial charge on any atom is -0.484 e. The zero-order valence-electron chi connectivity index (χ0n) is 16.6. The van der Waals surface area contributed by atoms with Gasteiger partial charge in [0.2, 0.25) is 5.91 Å². The number of hydrogen-bond acceptors (Lipinski definition) is 7. The Balaban J connectivity index is 1.54. The quantitative estimate of drug-likeness (QED) is 0.369. The van der Waals surface area contributed by atoms with E-state index in [1.165, 1.54) is 30.2 Å². The molecule has 0 radical (unpaired) electrons. The second-order valence-electron chi connectivity index (χ2n) is 6.14. The molecule has 0 aliphatic heterocycles. The molecule has 0 bridgehead atoms. The number of benzene rings is 2. The Labute approximate surface area is 187 Å². The summed E-state index contributed by atoms with van der Waals surface area (Å²) in [5, 5.41) is 7.23. The molecule has 7 nitrogen and oxygen atoms in total. The van der Waals surface area contributed by atoms with Crippen LogP contribution in [0.3, 0.4) is 0 Å². The minimum atomic E-state index is -0.497. The van der Waals surface area contributed by atoms with Gasteiger partial charge in [0.05, 0.1) is 24.2 Å². The third-order valence-electron chi connectivity index (χ3n) is 3.94. The van der Waals surface area contributed by atoms with Gasteiger partial charge in [-0.15, -0.1) is 23.1 Å². The maximum atomic E-state index is 12.4. The van der Waals surface area contributed by atoms with Crippen molar-refractivity contribution in [2.75, 3.05) is 30.1 Å². The van der Waals surface area contributed by atoms with Gasteiger partial charge in [-0.3, -0.25) is 9.59 Å². The van der Waals surface area contributed by atoms with Gasteiger partial charge >= 0.3 is 5.97 Å².